The van der Waals surface area contributed by atoms with Gasteiger partial charge in [-0.1, -0.05) is 0 Å². The van der Waals surface area contributed by atoms with Crippen molar-refractivity contribution in [3.63, 3.8) is 0 Å². The minimum absolute atomic E-state index is 0.0828. The molecule has 1 N–H and O–H groups in total. The molecule has 6 nitrogen and oxygen atoms in total. The third kappa shape index (κ3) is 5.48. The summed E-state index contributed by atoms with van der Waals surface area (Å²) in [5.74, 6) is 0.798. The maximum atomic E-state index is 14.0. The summed E-state index contributed by atoms with van der Waals surface area (Å²) < 4.78 is 71.4. The first kappa shape index (κ1) is 25.9. The number of nitrogens with one attached hydrogen (secondary N) is 1. The van der Waals surface area contributed by atoms with Gasteiger partial charge in [-0.25, -0.2) is 14.4 Å². The van der Waals surface area contributed by atoms with E-state index < -0.39 is 29.2 Å². The van der Waals surface area contributed by atoms with Gasteiger partial charge in [0.2, 0.25) is 0 Å². The predicted molar refractivity (Wildman–Crippen MR) is 128 cm³/mol. The van der Waals surface area contributed by atoms with Crippen molar-refractivity contribution in [2.75, 3.05) is 19.0 Å². The molecule has 36 heavy (non-hydrogen) atoms. The van der Waals surface area contributed by atoms with Crippen molar-refractivity contribution in [2.24, 2.45) is 0 Å². The van der Waals surface area contributed by atoms with Crippen LogP contribution < -0.4 is 14.8 Å². The fraction of sp³-hybridized carbons (Fsp3) is 0.462. The molecule has 1 aromatic heterocycles. The highest BCUT2D eigenvalue weighted by molar-refractivity contribution is 5.92. The molecule has 1 fully saturated rings. The molecule has 0 saturated carbocycles. The first-order valence-corrected chi connectivity index (χ1v) is 11.7. The van der Waals surface area contributed by atoms with Crippen LogP contribution in [0.2, 0.25) is 0 Å². The summed E-state index contributed by atoms with van der Waals surface area (Å²) in [4.78, 5) is 8.95. The smallest absolute Gasteiger partial charge is 0.416 e. The molecular weight excluding hydrogens is 478 g/mol. The van der Waals surface area contributed by atoms with Gasteiger partial charge in [0, 0.05) is 18.1 Å². The van der Waals surface area contributed by atoms with Gasteiger partial charge in [0.25, 0.3) is 0 Å². The molecule has 1 saturated heterocycles. The van der Waals surface area contributed by atoms with Crippen LogP contribution in [0.3, 0.4) is 0 Å². The number of anilines is 1. The molecule has 10 heteroatoms. The number of hydrogen-bond acceptors (Lipinski definition) is 6. The Kier molecular flexibility index (Phi) is 7.01. The second-order valence-electron chi connectivity index (χ2n) is 9.48. The van der Waals surface area contributed by atoms with Crippen molar-refractivity contribution in [3.8, 4) is 11.5 Å². The molecule has 1 unspecified atom stereocenters. The zero-order chi connectivity index (χ0) is 26.3. The first-order valence-electron chi connectivity index (χ1n) is 11.7. The van der Waals surface area contributed by atoms with Gasteiger partial charge >= 0.3 is 6.18 Å². The minimum Gasteiger partial charge on any atom is -0.493 e. The zero-order valence-electron chi connectivity index (χ0n) is 20.8. The van der Waals surface area contributed by atoms with Gasteiger partial charge in [-0.05, 0) is 70.4 Å². The predicted octanol–water partition coefficient (Wildman–Crippen LogP) is 6.61. The molecular formula is C26H29F4N3O3. The quantitative estimate of drug-likeness (QED) is 0.363. The summed E-state index contributed by atoms with van der Waals surface area (Å²) in [5.41, 5.74) is -0.992. The second-order valence-corrected chi connectivity index (χ2v) is 9.48. The summed E-state index contributed by atoms with van der Waals surface area (Å²) in [7, 11) is 1.53. The van der Waals surface area contributed by atoms with Crippen molar-refractivity contribution in [1.29, 1.82) is 0 Å². The number of hydrogen-bond donors (Lipinski definition) is 1. The first-order chi connectivity index (χ1) is 16.9. The largest absolute Gasteiger partial charge is 0.493 e. The normalized spacial score (nSPS) is 17.3. The Hall–Kier alpha value is -3.14. The monoisotopic (exact) mass is 507 g/mol. The molecule has 0 radical (unpaired) electrons. The van der Waals surface area contributed by atoms with Crippen LogP contribution in [0.25, 0.3) is 10.9 Å². The molecule has 1 aliphatic rings. The Labute approximate surface area is 207 Å². The summed E-state index contributed by atoms with van der Waals surface area (Å²) in [6.07, 6.45) is -2.90. The highest BCUT2D eigenvalue weighted by Gasteiger charge is 2.36. The lowest BCUT2D eigenvalue weighted by atomic mass is 9.98. The average molecular weight is 508 g/mol. The van der Waals surface area contributed by atoms with Gasteiger partial charge in [-0.3, -0.25) is 0 Å². The van der Waals surface area contributed by atoms with Crippen LogP contribution in [-0.4, -0.2) is 35.4 Å². The van der Waals surface area contributed by atoms with Gasteiger partial charge in [0.05, 0.1) is 30.3 Å². The van der Waals surface area contributed by atoms with Crippen LogP contribution in [0.4, 0.5) is 23.4 Å². The van der Waals surface area contributed by atoms with Gasteiger partial charge in [-0.15, -0.1) is 0 Å². The van der Waals surface area contributed by atoms with Crippen molar-refractivity contribution in [1.82, 2.24) is 9.97 Å². The number of methoxy groups -OCH3 is 1. The van der Waals surface area contributed by atoms with E-state index >= 15 is 0 Å². The van der Waals surface area contributed by atoms with Crippen LogP contribution in [0.15, 0.2) is 30.3 Å². The fourth-order valence-corrected chi connectivity index (χ4v) is 4.39. The minimum atomic E-state index is -4.66. The topological polar surface area (TPSA) is 65.5 Å². The summed E-state index contributed by atoms with van der Waals surface area (Å²) in [6.45, 7) is 7.92. The average Bonchev–Trinajstić information content (AvgIpc) is 3.34. The van der Waals surface area contributed by atoms with Crippen LogP contribution in [-0.2, 0) is 10.9 Å². The molecule has 3 aromatic rings. The maximum Gasteiger partial charge on any atom is 0.416 e. The van der Waals surface area contributed by atoms with Crippen LogP contribution in [0.5, 0.6) is 11.5 Å². The Balaban J connectivity index is 1.72. The van der Waals surface area contributed by atoms with E-state index in [1.54, 1.807) is 26.0 Å². The lowest BCUT2D eigenvalue weighted by molar-refractivity contribution is -0.137. The zero-order valence-corrected chi connectivity index (χ0v) is 20.8. The highest BCUT2D eigenvalue weighted by Crippen LogP contribution is 2.39. The Bertz CT molecular complexity index is 1260. The van der Waals surface area contributed by atoms with Gasteiger partial charge in [-0.2, -0.15) is 13.2 Å². The molecule has 4 rings (SSSR count). The number of aromatic nitrogens is 2. The summed E-state index contributed by atoms with van der Waals surface area (Å²) >= 11 is 0. The molecule has 2 heterocycles. The molecule has 0 bridgehead atoms. The lowest BCUT2D eigenvalue weighted by Gasteiger charge is -2.32. The van der Waals surface area contributed by atoms with Crippen molar-refractivity contribution < 1.29 is 31.8 Å². The number of benzene rings is 2. The molecule has 2 atom stereocenters. The van der Waals surface area contributed by atoms with E-state index in [-0.39, 0.29) is 11.7 Å². The van der Waals surface area contributed by atoms with Crippen LogP contribution in [0, 0.1) is 12.7 Å². The van der Waals surface area contributed by atoms with Crippen molar-refractivity contribution in [3.05, 3.63) is 53.1 Å². The van der Waals surface area contributed by atoms with E-state index in [4.69, 9.17) is 14.2 Å². The molecule has 0 aliphatic carbocycles. The van der Waals surface area contributed by atoms with Crippen molar-refractivity contribution in [2.45, 2.75) is 64.5 Å². The Morgan fingerprint density at radius 3 is 2.47 bits per heavy atom. The molecule has 0 spiro atoms. The lowest BCUT2D eigenvalue weighted by Crippen LogP contribution is -2.41. The Morgan fingerprint density at radius 1 is 1.08 bits per heavy atom. The third-order valence-corrected chi connectivity index (χ3v) is 6.27. The van der Waals surface area contributed by atoms with Crippen LogP contribution in [0.1, 0.15) is 56.6 Å². The van der Waals surface area contributed by atoms with Gasteiger partial charge in [0.1, 0.15) is 23.1 Å². The summed E-state index contributed by atoms with van der Waals surface area (Å²) in [5, 5.41) is 3.71. The standard InChI is InChI=1S/C26H29F4N3O3/c1-14(16-9-17(26(28,29)30)11-18(27)10-16)31-24-19-12-22(36-25(3,4)23-7-6-8-35-23)21(34-5)13-20(19)32-15(2)33-24/h9-14,23H,6-8H2,1-5H3,(H,31,32,33)/t14-,23?/m1/s1. The number of aryl methyl sites for hydroxylation is 1. The second kappa shape index (κ2) is 9.72. The van der Waals surface area contributed by atoms with Gasteiger partial charge < -0.3 is 19.5 Å². The van der Waals surface area contributed by atoms with E-state index in [9.17, 15) is 17.6 Å². The fourth-order valence-electron chi connectivity index (χ4n) is 4.39. The number of rotatable bonds is 7. The molecule has 194 valence electrons. The van der Waals surface area contributed by atoms with E-state index in [0.717, 1.165) is 25.0 Å². The van der Waals surface area contributed by atoms with Crippen LogP contribution >= 0.6 is 0 Å². The molecule has 1 aliphatic heterocycles. The Morgan fingerprint density at radius 2 is 1.83 bits per heavy atom. The van der Waals surface area contributed by atoms with E-state index in [0.29, 0.717) is 46.7 Å². The number of nitrogens with zero attached hydrogens (tertiary/aromatic N) is 2. The number of ether oxygens (including phenoxy) is 3. The van der Waals surface area contributed by atoms with E-state index in [1.165, 1.54) is 7.11 Å². The molecule has 2 aromatic carbocycles. The van der Waals surface area contributed by atoms with Gasteiger partial charge in [0.15, 0.2) is 11.5 Å². The number of alkyl halides is 3. The highest BCUT2D eigenvalue weighted by atomic mass is 19.4. The third-order valence-electron chi connectivity index (χ3n) is 6.27. The van der Waals surface area contributed by atoms with Crippen molar-refractivity contribution >= 4 is 16.7 Å². The number of halogens is 4. The number of fused-ring (bicyclic) bond motifs is 1. The maximum absolute atomic E-state index is 14.0. The summed E-state index contributed by atoms with van der Waals surface area (Å²) in [6, 6.07) is 5.26. The van der Waals surface area contributed by atoms with E-state index in [2.05, 4.69) is 15.3 Å². The SMILES string of the molecule is COc1cc2nc(C)nc(N[C@H](C)c3cc(F)cc(C(F)(F)F)c3)c2cc1OC(C)(C)C1CCCO1. The molecule has 0 amide bonds. The van der Waals surface area contributed by atoms with E-state index in [1.807, 2.05) is 13.8 Å².